The molecule has 1 heterocycles. The highest BCUT2D eigenvalue weighted by Crippen LogP contribution is 2.25. The molecule has 2 nitrogen and oxygen atoms in total. The third kappa shape index (κ3) is 1.74. The number of nitrogens with one attached hydrogen (secondary N) is 1. The summed E-state index contributed by atoms with van der Waals surface area (Å²) in [5.74, 6) is -3.60. The van der Waals surface area contributed by atoms with E-state index in [9.17, 15) is 13.2 Å². The van der Waals surface area contributed by atoms with E-state index in [2.05, 4.69) is 10.3 Å². The van der Waals surface area contributed by atoms with Crippen molar-refractivity contribution in [2.45, 2.75) is 18.9 Å². The molecule has 0 amide bonds. The van der Waals surface area contributed by atoms with Gasteiger partial charge in [-0.15, -0.1) is 0 Å². The predicted octanol–water partition coefficient (Wildman–Crippen LogP) is 2.07. The van der Waals surface area contributed by atoms with Crippen LogP contribution in [0.5, 0.6) is 0 Å². The lowest BCUT2D eigenvalue weighted by Gasteiger charge is -2.04. The van der Waals surface area contributed by atoms with Crippen LogP contribution in [0.4, 0.5) is 19.0 Å². The number of nitrogens with zero attached hydrogens (tertiary/aromatic N) is 1. The third-order valence-electron chi connectivity index (χ3n) is 1.80. The van der Waals surface area contributed by atoms with E-state index in [0.717, 1.165) is 12.8 Å². The van der Waals surface area contributed by atoms with Gasteiger partial charge in [-0.3, -0.25) is 0 Å². The molecule has 13 heavy (non-hydrogen) atoms. The molecule has 2 rings (SSSR count). The second-order valence-electron chi connectivity index (χ2n) is 3.01. The highest BCUT2D eigenvalue weighted by molar-refractivity contribution is 5.38. The van der Waals surface area contributed by atoms with Gasteiger partial charge in [-0.1, -0.05) is 0 Å². The predicted molar refractivity (Wildman–Crippen MR) is 40.8 cm³/mol. The fourth-order valence-electron chi connectivity index (χ4n) is 0.966. The van der Waals surface area contributed by atoms with Crippen LogP contribution in [0.3, 0.4) is 0 Å². The first-order chi connectivity index (χ1) is 6.16. The Kier molecular flexibility index (Phi) is 1.86. The minimum atomic E-state index is -1.27. The zero-order valence-corrected chi connectivity index (χ0v) is 6.65. The van der Waals surface area contributed by atoms with Crippen LogP contribution in [0.2, 0.25) is 0 Å². The van der Waals surface area contributed by atoms with Crippen LogP contribution in [0.15, 0.2) is 6.07 Å². The molecule has 0 bridgehead atoms. The van der Waals surface area contributed by atoms with E-state index < -0.39 is 17.6 Å². The SMILES string of the molecule is Fc1cc(F)c(NC2CC2)nc1F. The Morgan fingerprint density at radius 3 is 2.54 bits per heavy atom. The fraction of sp³-hybridized carbons (Fsp3) is 0.375. The highest BCUT2D eigenvalue weighted by Gasteiger charge is 2.23. The molecule has 0 saturated heterocycles. The number of rotatable bonds is 2. The van der Waals surface area contributed by atoms with Crippen molar-refractivity contribution in [3.05, 3.63) is 23.6 Å². The van der Waals surface area contributed by atoms with Gasteiger partial charge >= 0.3 is 0 Å². The summed E-state index contributed by atoms with van der Waals surface area (Å²) in [6.45, 7) is 0. The average molecular weight is 188 g/mol. The van der Waals surface area contributed by atoms with Crippen LogP contribution in [0.25, 0.3) is 0 Å². The first-order valence-electron chi connectivity index (χ1n) is 3.95. The summed E-state index contributed by atoms with van der Waals surface area (Å²) in [7, 11) is 0. The molecule has 1 aromatic rings. The van der Waals surface area contributed by atoms with Crippen molar-refractivity contribution >= 4 is 5.82 Å². The second kappa shape index (κ2) is 2.90. The number of hydrogen-bond donors (Lipinski definition) is 1. The van der Waals surface area contributed by atoms with E-state index in [1.165, 1.54) is 0 Å². The van der Waals surface area contributed by atoms with Crippen molar-refractivity contribution in [3.8, 4) is 0 Å². The molecule has 1 fully saturated rings. The molecule has 1 saturated carbocycles. The number of aromatic nitrogens is 1. The summed E-state index contributed by atoms with van der Waals surface area (Å²) in [5, 5.41) is 2.66. The minimum Gasteiger partial charge on any atom is -0.365 e. The van der Waals surface area contributed by atoms with Gasteiger partial charge in [-0.05, 0) is 12.8 Å². The van der Waals surface area contributed by atoms with Crippen LogP contribution in [0.1, 0.15) is 12.8 Å². The Labute approximate surface area is 72.8 Å². The summed E-state index contributed by atoms with van der Waals surface area (Å²) < 4.78 is 37.8. The molecule has 1 N–H and O–H groups in total. The van der Waals surface area contributed by atoms with Gasteiger partial charge in [0.2, 0.25) is 0 Å². The molecule has 0 aromatic carbocycles. The second-order valence-corrected chi connectivity index (χ2v) is 3.01. The quantitative estimate of drug-likeness (QED) is 0.718. The van der Waals surface area contributed by atoms with Crippen LogP contribution < -0.4 is 5.32 Å². The Bertz CT molecular complexity index is 336. The van der Waals surface area contributed by atoms with E-state index in [1.807, 2.05) is 0 Å². The standard InChI is InChI=1S/C8H7F3N2/c9-5-3-6(10)8(13-7(5)11)12-4-1-2-4/h3-4H,1-2H2,(H,12,13). The van der Waals surface area contributed by atoms with Gasteiger partial charge in [-0.2, -0.15) is 9.37 Å². The lowest BCUT2D eigenvalue weighted by molar-refractivity contribution is 0.466. The van der Waals surface area contributed by atoms with Crippen molar-refractivity contribution in [2.75, 3.05) is 5.32 Å². The van der Waals surface area contributed by atoms with Crippen molar-refractivity contribution in [2.24, 2.45) is 0 Å². The maximum atomic E-state index is 12.9. The van der Waals surface area contributed by atoms with Crippen molar-refractivity contribution in [3.63, 3.8) is 0 Å². The summed E-state index contributed by atoms with van der Waals surface area (Å²) >= 11 is 0. The summed E-state index contributed by atoms with van der Waals surface area (Å²) in [5.41, 5.74) is 0. The molecular formula is C8H7F3N2. The van der Waals surface area contributed by atoms with Gasteiger partial charge in [0.1, 0.15) is 0 Å². The zero-order chi connectivity index (χ0) is 9.42. The maximum absolute atomic E-state index is 12.9. The first-order valence-corrected chi connectivity index (χ1v) is 3.95. The van der Waals surface area contributed by atoms with Gasteiger partial charge < -0.3 is 5.32 Å². The normalized spacial score (nSPS) is 15.9. The fourth-order valence-corrected chi connectivity index (χ4v) is 0.966. The minimum absolute atomic E-state index is 0.159. The van der Waals surface area contributed by atoms with E-state index in [1.54, 1.807) is 0 Å². The molecule has 1 aliphatic carbocycles. The first kappa shape index (κ1) is 8.34. The lowest BCUT2D eigenvalue weighted by Crippen LogP contribution is -2.07. The third-order valence-corrected chi connectivity index (χ3v) is 1.80. The summed E-state index contributed by atoms with van der Waals surface area (Å²) in [6, 6.07) is 0.652. The van der Waals surface area contributed by atoms with E-state index in [-0.39, 0.29) is 11.9 Å². The largest absolute Gasteiger partial charge is 0.365 e. The van der Waals surface area contributed by atoms with E-state index >= 15 is 0 Å². The van der Waals surface area contributed by atoms with Crippen molar-refractivity contribution < 1.29 is 13.2 Å². The van der Waals surface area contributed by atoms with E-state index in [4.69, 9.17) is 0 Å². The van der Waals surface area contributed by atoms with E-state index in [0.29, 0.717) is 6.07 Å². The van der Waals surface area contributed by atoms with Gasteiger partial charge in [0, 0.05) is 12.1 Å². The van der Waals surface area contributed by atoms with Crippen LogP contribution in [-0.4, -0.2) is 11.0 Å². The molecule has 1 aliphatic rings. The Hall–Kier alpha value is -1.26. The van der Waals surface area contributed by atoms with Crippen LogP contribution >= 0.6 is 0 Å². The van der Waals surface area contributed by atoms with Crippen molar-refractivity contribution in [1.29, 1.82) is 0 Å². The molecule has 5 heteroatoms. The summed E-state index contributed by atoms with van der Waals surface area (Å²) in [6.07, 6.45) is 1.83. The molecule has 0 aliphatic heterocycles. The van der Waals surface area contributed by atoms with Gasteiger partial charge in [0.15, 0.2) is 17.5 Å². The Morgan fingerprint density at radius 1 is 1.23 bits per heavy atom. The van der Waals surface area contributed by atoms with Gasteiger partial charge in [0.25, 0.3) is 5.95 Å². The maximum Gasteiger partial charge on any atom is 0.251 e. The molecule has 70 valence electrons. The monoisotopic (exact) mass is 188 g/mol. The topological polar surface area (TPSA) is 24.9 Å². The summed E-state index contributed by atoms with van der Waals surface area (Å²) in [4.78, 5) is 3.12. The molecule has 0 radical (unpaired) electrons. The number of anilines is 1. The molecular weight excluding hydrogens is 181 g/mol. The van der Waals surface area contributed by atoms with Gasteiger partial charge in [-0.25, -0.2) is 8.78 Å². The number of pyridine rings is 1. The molecule has 0 atom stereocenters. The number of halogens is 3. The zero-order valence-electron chi connectivity index (χ0n) is 6.65. The number of hydrogen-bond acceptors (Lipinski definition) is 2. The van der Waals surface area contributed by atoms with Gasteiger partial charge in [0.05, 0.1) is 0 Å². The Balaban J connectivity index is 2.27. The smallest absolute Gasteiger partial charge is 0.251 e. The van der Waals surface area contributed by atoms with Crippen LogP contribution in [-0.2, 0) is 0 Å². The average Bonchev–Trinajstić information content (AvgIpc) is 2.84. The molecule has 0 spiro atoms. The molecule has 0 unspecified atom stereocenters. The molecule has 1 aromatic heterocycles. The lowest BCUT2D eigenvalue weighted by atomic mass is 10.4. The Morgan fingerprint density at radius 2 is 1.92 bits per heavy atom. The highest BCUT2D eigenvalue weighted by atomic mass is 19.2. The van der Waals surface area contributed by atoms with Crippen molar-refractivity contribution in [1.82, 2.24) is 4.98 Å². The van der Waals surface area contributed by atoms with Crippen LogP contribution in [0, 0.1) is 17.6 Å².